The molecule has 2 amide bonds. The number of rotatable bonds is 18. The summed E-state index contributed by atoms with van der Waals surface area (Å²) in [6, 6.07) is 16.7. The number of benzene rings is 2. The van der Waals surface area contributed by atoms with E-state index in [2.05, 4.69) is 53.4 Å². The van der Waals surface area contributed by atoms with Gasteiger partial charge in [0.25, 0.3) is 7.41 Å². The van der Waals surface area contributed by atoms with Crippen LogP contribution in [0.25, 0.3) is 0 Å². The minimum Gasteiger partial charge on any atom is -0.369 e. The topological polar surface area (TPSA) is 206 Å². The lowest BCUT2D eigenvalue weighted by Crippen LogP contribution is -2.37. The highest BCUT2D eigenvalue weighted by Gasteiger charge is 2.22. The fourth-order valence-electron chi connectivity index (χ4n) is 8.70. The van der Waals surface area contributed by atoms with Gasteiger partial charge in [-0.1, -0.05) is 56.0 Å². The van der Waals surface area contributed by atoms with Crippen molar-refractivity contribution in [1.29, 1.82) is 0 Å². The summed E-state index contributed by atoms with van der Waals surface area (Å²) in [5.41, 5.74) is 21.5. The molecule has 0 saturated carbocycles. The van der Waals surface area contributed by atoms with Crippen molar-refractivity contribution >= 4 is 25.4 Å². The molecule has 8 rings (SSSR count). The van der Waals surface area contributed by atoms with Crippen LogP contribution in [-0.2, 0) is 65.8 Å². The van der Waals surface area contributed by atoms with Crippen LogP contribution in [0.4, 0.5) is 0 Å². The molecule has 1 radical (unpaired) electrons. The number of nitrogens with zero attached hydrogens (tertiary/aromatic N) is 9. The number of aromatic nitrogens is 8. The maximum absolute atomic E-state index is 11.4. The molecule has 2 aliphatic rings. The maximum atomic E-state index is 11.4. The average molecular weight is 892 g/mol. The third-order valence-corrected chi connectivity index (χ3v) is 12.3. The molecule has 16 heteroatoms. The highest BCUT2D eigenvalue weighted by atomic mass is 16.1. The first-order valence-corrected chi connectivity index (χ1v) is 22.7. The monoisotopic (exact) mass is 892 g/mol. The predicted molar refractivity (Wildman–Crippen MR) is 257 cm³/mol. The Kier molecular flexibility index (Phi) is 18.0. The summed E-state index contributed by atoms with van der Waals surface area (Å²) in [5, 5.41) is 12.6. The Labute approximate surface area is 389 Å². The van der Waals surface area contributed by atoms with Gasteiger partial charge < -0.3 is 26.4 Å². The summed E-state index contributed by atoms with van der Waals surface area (Å²) >= 11 is 0. The lowest BCUT2D eigenvalue weighted by Gasteiger charge is -2.30. The third kappa shape index (κ3) is 14.1. The van der Waals surface area contributed by atoms with Crippen molar-refractivity contribution in [2.24, 2.45) is 11.5 Å². The number of piperidine rings is 2. The van der Waals surface area contributed by atoms with Crippen LogP contribution in [0.1, 0.15) is 113 Å². The highest BCUT2D eigenvalue weighted by molar-refractivity contribution is 6.64. The summed E-state index contributed by atoms with van der Waals surface area (Å²) < 4.78 is 4.14. The minimum atomic E-state index is -0.321. The Hall–Kier alpha value is -6.39. The molecule has 6 heterocycles. The zero-order chi connectivity index (χ0) is 45.5. The van der Waals surface area contributed by atoms with E-state index in [0.717, 1.165) is 151 Å². The molecule has 4 aromatic heterocycles. The van der Waals surface area contributed by atoms with E-state index >= 15 is 0 Å². The summed E-state index contributed by atoms with van der Waals surface area (Å²) in [4.78, 5) is 54.3. The van der Waals surface area contributed by atoms with E-state index in [-0.39, 0.29) is 32.1 Å². The number of nitrogens with one attached hydrogen (secondary N) is 1. The molecule has 0 bridgehead atoms. The van der Waals surface area contributed by atoms with E-state index in [1.54, 1.807) is 7.41 Å². The van der Waals surface area contributed by atoms with Crippen LogP contribution >= 0.6 is 0 Å². The van der Waals surface area contributed by atoms with Gasteiger partial charge in [-0.3, -0.25) is 19.0 Å². The van der Waals surface area contributed by atoms with Crippen molar-refractivity contribution in [3.05, 3.63) is 153 Å². The fraction of sp³-hybridized carbons (Fsp3) is 0.420. The SMILES string of the molecule is C.Cc1cnc(Cc2cnn(C3CCN([B]C=O)CC3)c2)nc1CCc1ccccc1CC(N)=O.Cc1cnc(Cc2cnn(C3CCNCC3)c2)nc1CCc1ccccc1CC(N)=O. The summed E-state index contributed by atoms with van der Waals surface area (Å²) in [6.45, 7) is 7.90. The molecule has 5 N–H and O–H groups in total. The molecule has 6 aromatic rings. The molecule has 2 aliphatic heterocycles. The van der Waals surface area contributed by atoms with Crippen LogP contribution in [0.5, 0.6) is 0 Å². The molecule has 0 atom stereocenters. The van der Waals surface area contributed by atoms with Crippen molar-refractivity contribution < 1.29 is 14.4 Å². The molecule has 66 heavy (non-hydrogen) atoms. The molecule has 2 saturated heterocycles. The molecular formula is C50H64BN12O3. The smallest absolute Gasteiger partial charge is 0.293 e. The molecule has 0 aliphatic carbocycles. The number of hydrogen-bond donors (Lipinski definition) is 3. The normalized spacial score (nSPS) is 14.5. The second-order valence-corrected chi connectivity index (χ2v) is 17.2. The van der Waals surface area contributed by atoms with Crippen molar-refractivity contribution in [3.63, 3.8) is 0 Å². The number of carbonyl (C=O) groups is 3. The predicted octanol–water partition coefficient (Wildman–Crippen LogP) is 4.78. The van der Waals surface area contributed by atoms with Gasteiger partial charge in [0.2, 0.25) is 11.8 Å². The van der Waals surface area contributed by atoms with E-state index < -0.39 is 0 Å². The van der Waals surface area contributed by atoms with E-state index in [4.69, 9.17) is 21.4 Å². The van der Waals surface area contributed by atoms with Gasteiger partial charge in [0, 0.05) is 49.0 Å². The van der Waals surface area contributed by atoms with Gasteiger partial charge in [0.1, 0.15) is 11.6 Å². The maximum Gasteiger partial charge on any atom is 0.293 e. The molecule has 2 aromatic carbocycles. The first kappa shape index (κ1) is 49.1. The molecule has 0 unspecified atom stereocenters. The van der Waals surface area contributed by atoms with Crippen LogP contribution in [0, 0.1) is 13.8 Å². The molecule has 345 valence electrons. The van der Waals surface area contributed by atoms with Gasteiger partial charge in [-0.2, -0.15) is 10.2 Å². The number of aryl methyl sites for hydroxylation is 6. The van der Waals surface area contributed by atoms with Crippen molar-refractivity contribution in [1.82, 2.24) is 49.6 Å². The quantitative estimate of drug-likeness (QED) is 0.0792. The van der Waals surface area contributed by atoms with Crippen molar-refractivity contribution in [2.75, 3.05) is 26.2 Å². The Bertz CT molecular complexity index is 2530. The third-order valence-electron chi connectivity index (χ3n) is 12.3. The Morgan fingerprint density at radius 1 is 0.667 bits per heavy atom. The van der Waals surface area contributed by atoms with E-state index in [9.17, 15) is 14.4 Å². The van der Waals surface area contributed by atoms with E-state index in [1.807, 2.05) is 85.8 Å². The molecule has 2 fully saturated rings. The van der Waals surface area contributed by atoms with E-state index in [0.29, 0.717) is 24.9 Å². The largest absolute Gasteiger partial charge is 0.369 e. The molecule has 0 spiro atoms. The number of carbonyl (C=O) groups excluding carboxylic acids is 3. The Morgan fingerprint density at radius 2 is 1.11 bits per heavy atom. The fourth-order valence-corrected chi connectivity index (χ4v) is 8.70. The first-order chi connectivity index (χ1) is 31.6. The van der Waals surface area contributed by atoms with E-state index in [1.165, 1.54) is 0 Å². The summed E-state index contributed by atoms with van der Waals surface area (Å²) in [7, 11) is 1.62. The van der Waals surface area contributed by atoms with Gasteiger partial charge >= 0.3 is 0 Å². The number of primary amides is 2. The first-order valence-electron chi connectivity index (χ1n) is 22.7. The van der Waals surface area contributed by atoms with Crippen LogP contribution in [0.15, 0.2) is 85.7 Å². The van der Waals surface area contributed by atoms with Gasteiger partial charge in [-0.15, -0.1) is 0 Å². The number of hydrogen-bond acceptors (Lipinski definition) is 11. The lowest BCUT2D eigenvalue weighted by atomic mass is 9.90. The van der Waals surface area contributed by atoms with Crippen LogP contribution < -0.4 is 16.8 Å². The Morgan fingerprint density at radius 3 is 1.55 bits per heavy atom. The van der Waals surface area contributed by atoms with Gasteiger partial charge in [0.15, 0.2) is 0 Å². The van der Waals surface area contributed by atoms with Crippen molar-refractivity contribution in [2.45, 2.75) is 110 Å². The average Bonchev–Trinajstić information content (AvgIpc) is 3.98. The van der Waals surface area contributed by atoms with Crippen molar-refractivity contribution in [3.8, 4) is 0 Å². The summed E-state index contributed by atoms with van der Waals surface area (Å²) in [6.07, 6.45) is 21.9. The second-order valence-electron chi connectivity index (χ2n) is 17.2. The molecule has 15 nitrogen and oxygen atoms in total. The van der Waals surface area contributed by atoms with Gasteiger partial charge in [-0.05, 0) is 136 Å². The Balaban J connectivity index is 0.000000216. The van der Waals surface area contributed by atoms with Gasteiger partial charge in [-0.25, -0.2) is 19.9 Å². The summed E-state index contributed by atoms with van der Waals surface area (Å²) in [5.74, 6) is 0.966. The molecular weight excluding hydrogens is 827 g/mol. The zero-order valence-electron chi connectivity index (χ0n) is 37.6. The highest BCUT2D eigenvalue weighted by Crippen LogP contribution is 2.23. The minimum absolute atomic E-state index is 0. The van der Waals surface area contributed by atoms with Crippen LogP contribution in [0.3, 0.4) is 0 Å². The van der Waals surface area contributed by atoms with Gasteiger partial charge in [0.05, 0.1) is 43.5 Å². The standard InChI is InChI=1S/C25H30BN6O2.C24H30N6O.CH4/c1-18-14-28-25(30-23(18)7-6-20-4-2-3-5-21(20)13-24(27)34)12-19-15-29-32(16-19)22-8-10-31(11-9-22)26-17-33;1-17-14-27-24(12-18-15-28-30(16-18)21-8-10-26-11-9-21)29-22(17)7-6-19-4-2-3-5-20(19)13-23(25)31;/h2-5,14-17,22H,6-13H2,1H3,(H2,27,34);2-5,14-16,21,26H,6-13H2,1H3,(H2,25,31);1H4. The number of amides is 2. The van der Waals surface area contributed by atoms with Crippen LogP contribution in [-0.4, -0.2) is 95.9 Å². The second kappa shape index (κ2) is 24.2. The number of nitrogens with two attached hydrogens (primary N) is 2. The lowest BCUT2D eigenvalue weighted by molar-refractivity contribution is -0.118. The van der Waals surface area contributed by atoms with Crippen LogP contribution in [0.2, 0.25) is 0 Å². The zero-order valence-corrected chi connectivity index (χ0v) is 37.6.